The van der Waals surface area contributed by atoms with Crippen LogP contribution in [0.2, 0.25) is 0 Å². The number of likely N-dealkylation sites (tertiary alicyclic amines) is 1. The summed E-state index contributed by atoms with van der Waals surface area (Å²) in [6.07, 6.45) is 2.03. The van der Waals surface area contributed by atoms with E-state index >= 15 is 0 Å². The highest BCUT2D eigenvalue weighted by atomic mass is 79.9. The molecule has 0 bridgehead atoms. The van der Waals surface area contributed by atoms with Crippen molar-refractivity contribution >= 4 is 21.8 Å². The maximum atomic E-state index is 13.5. The van der Waals surface area contributed by atoms with Crippen molar-refractivity contribution in [1.82, 2.24) is 9.80 Å². The molecule has 0 radical (unpaired) electrons. The molecule has 1 aromatic rings. The lowest BCUT2D eigenvalue weighted by molar-refractivity contribution is 0.0677. The Bertz CT molecular complexity index is 485. The highest BCUT2D eigenvalue weighted by molar-refractivity contribution is 9.10. The van der Waals surface area contributed by atoms with Gasteiger partial charge in [-0.25, -0.2) is 4.39 Å². The summed E-state index contributed by atoms with van der Waals surface area (Å²) in [5, 5.41) is 0. The van der Waals surface area contributed by atoms with Crippen LogP contribution < -0.4 is 0 Å². The minimum atomic E-state index is -0.390. The number of hydrogen-bond donors (Lipinski definition) is 0. The minimum absolute atomic E-state index is 0.0697. The van der Waals surface area contributed by atoms with Gasteiger partial charge in [-0.1, -0.05) is 0 Å². The van der Waals surface area contributed by atoms with Crippen molar-refractivity contribution in [3.63, 3.8) is 0 Å². The van der Waals surface area contributed by atoms with Gasteiger partial charge in [0.2, 0.25) is 0 Å². The number of piperidine rings is 1. The van der Waals surface area contributed by atoms with Gasteiger partial charge in [0.15, 0.2) is 0 Å². The second-order valence-electron chi connectivity index (χ2n) is 5.63. The van der Waals surface area contributed by atoms with Gasteiger partial charge in [-0.15, -0.1) is 0 Å². The van der Waals surface area contributed by atoms with Crippen molar-refractivity contribution in [3.8, 4) is 0 Å². The van der Waals surface area contributed by atoms with E-state index in [0.717, 1.165) is 32.5 Å². The van der Waals surface area contributed by atoms with Crippen LogP contribution in [0, 0.1) is 11.7 Å². The van der Waals surface area contributed by atoms with Crippen molar-refractivity contribution in [2.45, 2.75) is 12.8 Å². The number of carbonyl (C=O) groups is 1. The van der Waals surface area contributed by atoms with E-state index in [-0.39, 0.29) is 5.91 Å². The number of rotatable bonds is 3. The quantitative estimate of drug-likeness (QED) is 0.842. The maximum Gasteiger partial charge on any atom is 0.253 e. The predicted molar refractivity (Wildman–Crippen MR) is 81.3 cm³/mol. The Kier molecular flexibility index (Phi) is 5.16. The third-order valence-corrected chi connectivity index (χ3v) is 4.33. The van der Waals surface area contributed by atoms with Gasteiger partial charge in [-0.05, 0) is 67.0 Å². The first-order valence-electron chi connectivity index (χ1n) is 6.86. The maximum absolute atomic E-state index is 13.5. The first-order valence-corrected chi connectivity index (χ1v) is 7.65. The van der Waals surface area contributed by atoms with Crippen LogP contribution in [-0.2, 0) is 0 Å². The van der Waals surface area contributed by atoms with Crippen LogP contribution in [-0.4, -0.2) is 49.4 Å². The molecule has 1 saturated heterocycles. The second-order valence-corrected chi connectivity index (χ2v) is 6.48. The highest BCUT2D eigenvalue weighted by Crippen LogP contribution is 2.21. The average Bonchev–Trinajstić information content (AvgIpc) is 2.41. The number of hydrogen-bond acceptors (Lipinski definition) is 2. The molecular weight excluding hydrogens is 323 g/mol. The standard InChI is InChI=1S/C15H20BrFN2O/c1-18(2)10-11-5-7-19(8-6-11)15(20)12-3-4-13(16)14(17)9-12/h3-4,9,11H,5-8,10H2,1-2H3. The number of halogens is 2. The van der Waals surface area contributed by atoms with Crippen molar-refractivity contribution in [2.75, 3.05) is 33.7 Å². The Balaban J connectivity index is 1.96. The average molecular weight is 343 g/mol. The lowest BCUT2D eigenvalue weighted by Crippen LogP contribution is -2.40. The molecule has 5 heteroatoms. The summed E-state index contributed by atoms with van der Waals surface area (Å²) in [4.78, 5) is 16.3. The van der Waals surface area contributed by atoms with E-state index in [9.17, 15) is 9.18 Å². The van der Waals surface area contributed by atoms with Gasteiger partial charge in [0.1, 0.15) is 5.82 Å². The summed E-state index contributed by atoms with van der Waals surface area (Å²) in [6.45, 7) is 2.58. The molecule has 110 valence electrons. The summed E-state index contributed by atoms with van der Waals surface area (Å²) in [5.74, 6) is 0.189. The van der Waals surface area contributed by atoms with Crippen LogP contribution in [0.3, 0.4) is 0 Å². The van der Waals surface area contributed by atoms with E-state index in [1.165, 1.54) is 6.07 Å². The van der Waals surface area contributed by atoms with Gasteiger partial charge in [-0.3, -0.25) is 4.79 Å². The highest BCUT2D eigenvalue weighted by Gasteiger charge is 2.24. The molecule has 0 saturated carbocycles. The Morgan fingerprint density at radius 3 is 2.60 bits per heavy atom. The van der Waals surface area contributed by atoms with E-state index in [1.807, 2.05) is 4.90 Å². The van der Waals surface area contributed by atoms with Crippen molar-refractivity contribution < 1.29 is 9.18 Å². The summed E-state index contributed by atoms with van der Waals surface area (Å²) < 4.78 is 13.9. The summed E-state index contributed by atoms with van der Waals surface area (Å²) >= 11 is 3.10. The summed E-state index contributed by atoms with van der Waals surface area (Å²) in [6, 6.07) is 4.56. The first kappa shape index (κ1) is 15.4. The predicted octanol–water partition coefficient (Wildman–Crippen LogP) is 3.00. The molecule has 1 aliphatic heterocycles. The summed E-state index contributed by atoms with van der Waals surface area (Å²) in [7, 11) is 4.14. The number of nitrogens with zero attached hydrogens (tertiary/aromatic N) is 2. The molecule has 20 heavy (non-hydrogen) atoms. The van der Waals surface area contributed by atoms with Crippen LogP contribution in [0.1, 0.15) is 23.2 Å². The van der Waals surface area contributed by atoms with Crippen molar-refractivity contribution in [2.24, 2.45) is 5.92 Å². The molecule has 1 amide bonds. The topological polar surface area (TPSA) is 23.6 Å². The second kappa shape index (κ2) is 6.68. The fraction of sp³-hybridized carbons (Fsp3) is 0.533. The fourth-order valence-electron chi connectivity index (χ4n) is 2.65. The molecule has 0 unspecified atom stereocenters. The Labute approximate surface area is 127 Å². The van der Waals surface area contributed by atoms with E-state index in [1.54, 1.807) is 12.1 Å². The normalized spacial score (nSPS) is 16.8. The zero-order valence-electron chi connectivity index (χ0n) is 11.9. The number of amides is 1. The van der Waals surface area contributed by atoms with Crippen LogP contribution in [0.4, 0.5) is 4.39 Å². The molecular formula is C15H20BrFN2O. The number of benzene rings is 1. The van der Waals surface area contributed by atoms with Gasteiger partial charge < -0.3 is 9.80 Å². The van der Waals surface area contributed by atoms with Gasteiger partial charge in [0, 0.05) is 25.2 Å². The fourth-order valence-corrected chi connectivity index (χ4v) is 2.89. The zero-order chi connectivity index (χ0) is 14.7. The molecule has 0 spiro atoms. The molecule has 1 aliphatic rings. The lowest BCUT2D eigenvalue weighted by Gasteiger charge is -2.33. The van der Waals surface area contributed by atoms with Gasteiger partial charge in [-0.2, -0.15) is 0 Å². The zero-order valence-corrected chi connectivity index (χ0v) is 13.5. The van der Waals surface area contributed by atoms with E-state index in [0.29, 0.717) is 16.0 Å². The molecule has 0 aliphatic carbocycles. The molecule has 0 N–H and O–H groups in total. The number of carbonyl (C=O) groups excluding carboxylic acids is 1. The molecule has 1 heterocycles. The van der Waals surface area contributed by atoms with Crippen molar-refractivity contribution in [1.29, 1.82) is 0 Å². The SMILES string of the molecule is CN(C)CC1CCN(C(=O)c2ccc(Br)c(F)c2)CC1. The smallest absolute Gasteiger partial charge is 0.253 e. The summed E-state index contributed by atoms with van der Waals surface area (Å²) in [5.41, 5.74) is 0.428. The third kappa shape index (κ3) is 3.79. The van der Waals surface area contributed by atoms with Crippen molar-refractivity contribution in [3.05, 3.63) is 34.1 Å². The van der Waals surface area contributed by atoms with Crippen LogP contribution >= 0.6 is 15.9 Å². The molecule has 2 rings (SSSR count). The largest absolute Gasteiger partial charge is 0.339 e. The van der Waals surface area contributed by atoms with Gasteiger partial charge in [0.25, 0.3) is 5.91 Å². The molecule has 1 aromatic carbocycles. The Morgan fingerprint density at radius 2 is 2.05 bits per heavy atom. The first-order chi connectivity index (χ1) is 9.47. The molecule has 0 atom stereocenters. The van der Waals surface area contributed by atoms with Crippen LogP contribution in [0.5, 0.6) is 0 Å². The van der Waals surface area contributed by atoms with E-state index in [2.05, 4.69) is 34.9 Å². The molecule has 1 fully saturated rings. The Morgan fingerprint density at radius 1 is 1.40 bits per heavy atom. The van der Waals surface area contributed by atoms with Gasteiger partial charge >= 0.3 is 0 Å². The third-order valence-electron chi connectivity index (χ3n) is 3.69. The molecule has 3 nitrogen and oxygen atoms in total. The van der Waals surface area contributed by atoms with E-state index in [4.69, 9.17) is 0 Å². The monoisotopic (exact) mass is 342 g/mol. The minimum Gasteiger partial charge on any atom is -0.339 e. The van der Waals surface area contributed by atoms with Crippen LogP contribution in [0.15, 0.2) is 22.7 Å². The molecule has 0 aromatic heterocycles. The Hall–Kier alpha value is -0.940. The van der Waals surface area contributed by atoms with Crippen LogP contribution in [0.25, 0.3) is 0 Å². The van der Waals surface area contributed by atoms with Gasteiger partial charge in [0.05, 0.1) is 4.47 Å². The lowest BCUT2D eigenvalue weighted by atomic mass is 9.96. The van der Waals surface area contributed by atoms with E-state index < -0.39 is 5.82 Å².